The Morgan fingerprint density at radius 2 is 1.64 bits per heavy atom. The van der Waals surface area contributed by atoms with Crippen molar-refractivity contribution in [2.75, 3.05) is 11.9 Å². The van der Waals surface area contributed by atoms with Crippen LogP contribution >= 0.6 is 11.6 Å². The Kier molecular flexibility index (Phi) is 8.15. The summed E-state index contributed by atoms with van der Waals surface area (Å²) < 4.78 is 10.7. The van der Waals surface area contributed by atoms with Crippen molar-refractivity contribution in [2.24, 2.45) is 5.10 Å². The zero-order chi connectivity index (χ0) is 23.6. The fourth-order valence-electron chi connectivity index (χ4n) is 2.62. The van der Waals surface area contributed by atoms with Gasteiger partial charge < -0.3 is 14.8 Å². The SMILES string of the molecule is CCOc1ccccc1NC(=O)C(=O)N/N=C/c1ccc(OC(=O)c2ccc(Cl)cc2)cc1. The molecule has 0 aliphatic heterocycles. The summed E-state index contributed by atoms with van der Waals surface area (Å²) >= 11 is 5.81. The predicted molar refractivity (Wildman–Crippen MR) is 125 cm³/mol. The van der Waals surface area contributed by atoms with Crippen molar-refractivity contribution >= 4 is 41.3 Å². The highest BCUT2D eigenvalue weighted by molar-refractivity contribution is 6.39. The molecule has 0 saturated heterocycles. The van der Waals surface area contributed by atoms with Crippen LogP contribution in [0.1, 0.15) is 22.8 Å². The van der Waals surface area contributed by atoms with Crippen LogP contribution < -0.4 is 20.2 Å². The van der Waals surface area contributed by atoms with Gasteiger partial charge >= 0.3 is 17.8 Å². The summed E-state index contributed by atoms with van der Waals surface area (Å²) in [5.74, 6) is -1.54. The van der Waals surface area contributed by atoms with E-state index in [0.717, 1.165) is 0 Å². The summed E-state index contributed by atoms with van der Waals surface area (Å²) in [7, 11) is 0. The molecule has 0 radical (unpaired) electrons. The Hall–Kier alpha value is -4.17. The molecular weight excluding hydrogens is 446 g/mol. The number of hydrogen-bond acceptors (Lipinski definition) is 6. The van der Waals surface area contributed by atoms with E-state index in [1.165, 1.54) is 6.21 Å². The molecule has 3 rings (SSSR count). The largest absolute Gasteiger partial charge is 0.492 e. The maximum Gasteiger partial charge on any atom is 0.343 e. The number of carbonyl (C=O) groups excluding carboxylic acids is 3. The van der Waals surface area contributed by atoms with E-state index in [4.69, 9.17) is 21.1 Å². The van der Waals surface area contributed by atoms with Crippen LogP contribution in [0.25, 0.3) is 0 Å². The van der Waals surface area contributed by atoms with Crippen LogP contribution in [0.5, 0.6) is 11.5 Å². The highest BCUT2D eigenvalue weighted by Gasteiger charge is 2.15. The van der Waals surface area contributed by atoms with Gasteiger partial charge in [-0.3, -0.25) is 9.59 Å². The predicted octanol–water partition coefficient (Wildman–Crippen LogP) is 4.05. The highest BCUT2D eigenvalue weighted by Crippen LogP contribution is 2.23. The van der Waals surface area contributed by atoms with E-state index in [0.29, 0.717) is 39.9 Å². The summed E-state index contributed by atoms with van der Waals surface area (Å²) in [5.41, 5.74) is 3.52. The molecule has 33 heavy (non-hydrogen) atoms. The van der Waals surface area contributed by atoms with Gasteiger partial charge in [0.2, 0.25) is 0 Å². The van der Waals surface area contributed by atoms with E-state index in [2.05, 4.69) is 15.8 Å². The van der Waals surface area contributed by atoms with E-state index >= 15 is 0 Å². The molecule has 0 aromatic heterocycles. The number of halogens is 1. The van der Waals surface area contributed by atoms with Gasteiger partial charge in [-0.05, 0) is 73.2 Å². The van der Waals surface area contributed by atoms with Gasteiger partial charge in [0.05, 0.1) is 24.1 Å². The van der Waals surface area contributed by atoms with Gasteiger partial charge in [0, 0.05) is 5.02 Å². The fourth-order valence-corrected chi connectivity index (χ4v) is 2.75. The first-order valence-electron chi connectivity index (χ1n) is 9.90. The molecule has 0 atom stereocenters. The van der Waals surface area contributed by atoms with Crippen LogP contribution in [0.15, 0.2) is 77.9 Å². The second kappa shape index (κ2) is 11.4. The van der Waals surface area contributed by atoms with Gasteiger partial charge in [-0.15, -0.1) is 0 Å². The molecule has 3 aromatic rings. The van der Waals surface area contributed by atoms with Gasteiger partial charge in [-0.2, -0.15) is 5.10 Å². The molecule has 0 fully saturated rings. The molecule has 8 nitrogen and oxygen atoms in total. The van der Waals surface area contributed by atoms with E-state index in [-0.39, 0.29) is 0 Å². The Balaban J connectivity index is 1.51. The summed E-state index contributed by atoms with van der Waals surface area (Å²) in [4.78, 5) is 36.2. The maximum absolute atomic E-state index is 12.1. The summed E-state index contributed by atoms with van der Waals surface area (Å²) in [5, 5.41) is 6.78. The number of ether oxygens (including phenoxy) is 2. The van der Waals surface area contributed by atoms with Crippen LogP contribution in [-0.2, 0) is 9.59 Å². The molecule has 9 heteroatoms. The molecule has 0 unspecified atom stereocenters. The van der Waals surface area contributed by atoms with Gasteiger partial charge in [0.25, 0.3) is 0 Å². The van der Waals surface area contributed by atoms with Crippen LogP contribution in [0.2, 0.25) is 5.02 Å². The fraction of sp³-hybridized carbons (Fsp3) is 0.0833. The number of nitrogens with one attached hydrogen (secondary N) is 2. The molecule has 0 bridgehead atoms. The van der Waals surface area contributed by atoms with Crippen molar-refractivity contribution in [3.05, 3.63) is 88.9 Å². The molecule has 2 N–H and O–H groups in total. The number of rotatable bonds is 7. The quantitative estimate of drug-likeness (QED) is 0.180. The second-order valence-electron chi connectivity index (χ2n) is 6.55. The lowest BCUT2D eigenvalue weighted by molar-refractivity contribution is -0.136. The van der Waals surface area contributed by atoms with Gasteiger partial charge in [-0.1, -0.05) is 23.7 Å². The van der Waals surface area contributed by atoms with Gasteiger partial charge in [0.1, 0.15) is 11.5 Å². The van der Waals surface area contributed by atoms with Crippen LogP contribution in [0, 0.1) is 0 Å². The zero-order valence-corrected chi connectivity index (χ0v) is 18.3. The van der Waals surface area contributed by atoms with Crippen molar-refractivity contribution in [3.63, 3.8) is 0 Å². The summed E-state index contributed by atoms with van der Waals surface area (Å²) in [6.45, 7) is 2.23. The third-order valence-electron chi connectivity index (χ3n) is 4.19. The minimum Gasteiger partial charge on any atom is -0.492 e. The average Bonchev–Trinajstić information content (AvgIpc) is 2.82. The first-order valence-corrected chi connectivity index (χ1v) is 10.3. The molecule has 3 aromatic carbocycles. The normalized spacial score (nSPS) is 10.5. The van der Waals surface area contributed by atoms with E-state index in [1.54, 1.807) is 72.8 Å². The lowest BCUT2D eigenvalue weighted by atomic mass is 10.2. The molecule has 0 aliphatic rings. The van der Waals surface area contributed by atoms with Crippen molar-refractivity contribution in [2.45, 2.75) is 6.92 Å². The van der Waals surface area contributed by atoms with E-state index in [9.17, 15) is 14.4 Å². The molecule has 0 heterocycles. The number of benzene rings is 3. The Morgan fingerprint density at radius 3 is 2.33 bits per heavy atom. The third kappa shape index (κ3) is 6.91. The molecular formula is C24H20ClN3O5. The molecule has 0 spiro atoms. The van der Waals surface area contributed by atoms with Crippen molar-refractivity contribution < 1.29 is 23.9 Å². The number of anilines is 1. The lowest BCUT2D eigenvalue weighted by Gasteiger charge is -2.10. The zero-order valence-electron chi connectivity index (χ0n) is 17.6. The van der Waals surface area contributed by atoms with E-state index in [1.807, 2.05) is 6.92 Å². The minimum absolute atomic E-state index is 0.337. The van der Waals surface area contributed by atoms with Crippen LogP contribution in [0.4, 0.5) is 5.69 Å². The third-order valence-corrected chi connectivity index (χ3v) is 4.44. The van der Waals surface area contributed by atoms with E-state index < -0.39 is 17.8 Å². The molecule has 2 amide bonds. The summed E-state index contributed by atoms with van der Waals surface area (Å²) in [6.07, 6.45) is 1.35. The lowest BCUT2D eigenvalue weighted by Crippen LogP contribution is -2.32. The monoisotopic (exact) mass is 465 g/mol. The standard InChI is InChI=1S/C24H20ClN3O5/c1-2-32-21-6-4-3-5-20(21)27-22(29)23(30)28-26-15-16-7-13-19(14-8-16)33-24(31)17-9-11-18(25)12-10-17/h3-15H,2H2,1H3,(H,27,29)(H,28,30)/b26-15+. The van der Waals surface area contributed by atoms with Crippen molar-refractivity contribution in [3.8, 4) is 11.5 Å². The smallest absolute Gasteiger partial charge is 0.343 e. The molecule has 0 saturated carbocycles. The number of hydrogen-bond donors (Lipinski definition) is 2. The van der Waals surface area contributed by atoms with Gasteiger partial charge in [-0.25, -0.2) is 10.2 Å². The number of nitrogens with zero attached hydrogens (tertiary/aromatic N) is 1. The molecule has 168 valence electrons. The minimum atomic E-state index is -0.939. The van der Waals surface area contributed by atoms with Crippen LogP contribution in [0.3, 0.4) is 0 Å². The number of amides is 2. The van der Waals surface area contributed by atoms with Crippen molar-refractivity contribution in [1.29, 1.82) is 0 Å². The maximum atomic E-state index is 12.1. The van der Waals surface area contributed by atoms with Crippen molar-refractivity contribution in [1.82, 2.24) is 5.43 Å². The first kappa shape index (κ1) is 23.5. The Labute approximate surface area is 195 Å². The van der Waals surface area contributed by atoms with Gasteiger partial charge in [0.15, 0.2) is 0 Å². The van der Waals surface area contributed by atoms with Crippen LogP contribution in [-0.4, -0.2) is 30.6 Å². The number of esters is 1. The number of para-hydroxylation sites is 2. The number of hydrazone groups is 1. The Bertz CT molecular complexity index is 1160. The molecule has 0 aliphatic carbocycles. The summed E-state index contributed by atoms with van der Waals surface area (Å²) in [6, 6.07) is 19.6. The second-order valence-corrected chi connectivity index (χ2v) is 6.98. The number of carbonyl (C=O) groups is 3. The highest BCUT2D eigenvalue weighted by atomic mass is 35.5. The average molecular weight is 466 g/mol. The topological polar surface area (TPSA) is 106 Å². The first-order chi connectivity index (χ1) is 16.0. The Morgan fingerprint density at radius 1 is 0.939 bits per heavy atom.